The predicted molar refractivity (Wildman–Crippen MR) is 119 cm³/mol. The van der Waals surface area contributed by atoms with Gasteiger partial charge in [-0.2, -0.15) is 0 Å². The number of nitrogens with two attached hydrogens (primary N) is 2. The lowest BCUT2D eigenvalue weighted by molar-refractivity contribution is 0.112. The first-order chi connectivity index (χ1) is 14.8. The molecule has 1 aromatic heterocycles. The molecule has 0 spiro atoms. The fraction of sp³-hybridized carbons (Fsp3) is 0.682. The van der Waals surface area contributed by atoms with E-state index in [0.717, 1.165) is 25.2 Å². The fourth-order valence-electron chi connectivity index (χ4n) is 3.69. The number of aromatic nitrogens is 2. The Morgan fingerprint density at radius 1 is 1.19 bits per heavy atom. The second-order valence-electron chi connectivity index (χ2n) is 8.70. The van der Waals surface area contributed by atoms with E-state index in [2.05, 4.69) is 9.97 Å². The van der Waals surface area contributed by atoms with Crippen LogP contribution in [-0.2, 0) is 4.74 Å². The van der Waals surface area contributed by atoms with Crippen molar-refractivity contribution in [3.63, 3.8) is 0 Å². The second-order valence-corrected chi connectivity index (χ2v) is 8.70. The van der Waals surface area contributed by atoms with Gasteiger partial charge in [-0.25, -0.2) is 20.6 Å². The molecule has 0 atom stereocenters. The molecule has 0 unspecified atom stereocenters. The number of carbonyl (C=O) groups is 1. The lowest BCUT2D eigenvalue weighted by Crippen LogP contribution is -2.34. The van der Waals surface area contributed by atoms with Crippen LogP contribution < -0.4 is 16.3 Å². The molecule has 0 aromatic carbocycles. The summed E-state index contributed by atoms with van der Waals surface area (Å²) in [5.41, 5.74) is 8.24. The van der Waals surface area contributed by atoms with E-state index in [1.807, 2.05) is 6.92 Å². The summed E-state index contributed by atoms with van der Waals surface area (Å²) in [5.74, 6) is 7.24. The molecule has 0 saturated heterocycles. The van der Waals surface area contributed by atoms with Gasteiger partial charge in [0, 0.05) is 20.6 Å². The third-order valence-corrected chi connectivity index (χ3v) is 5.96. The van der Waals surface area contributed by atoms with Crippen LogP contribution in [0.2, 0.25) is 0 Å². The van der Waals surface area contributed by atoms with Crippen molar-refractivity contribution in [2.45, 2.75) is 64.4 Å². The van der Waals surface area contributed by atoms with Gasteiger partial charge < -0.3 is 25.1 Å². The number of hydrogen-bond acceptors (Lipinski definition) is 8. The lowest BCUT2D eigenvalue weighted by atomic mass is 9.98. The first-order valence-corrected chi connectivity index (χ1v) is 11.2. The van der Waals surface area contributed by atoms with E-state index in [9.17, 15) is 4.79 Å². The zero-order chi connectivity index (χ0) is 22.4. The maximum atomic E-state index is 12.3. The van der Waals surface area contributed by atoms with Gasteiger partial charge in [-0.15, -0.1) is 0 Å². The largest absolute Gasteiger partial charge is 0.473 e. The molecule has 4 N–H and O–H groups in total. The summed E-state index contributed by atoms with van der Waals surface area (Å²) >= 11 is 0. The molecule has 31 heavy (non-hydrogen) atoms. The molecule has 1 heterocycles. The first kappa shape index (κ1) is 23.1. The van der Waals surface area contributed by atoms with Crippen LogP contribution >= 0.6 is 0 Å². The number of rotatable bonds is 9. The molecule has 2 aliphatic carbocycles. The Morgan fingerprint density at radius 2 is 1.90 bits per heavy atom. The molecule has 0 radical (unpaired) electrons. The Labute approximate surface area is 184 Å². The van der Waals surface area contributed by atoms with Gasteiger partial charge in [-0.05, 0) is 44.9 Å². The summed E-state index contributed by atoms with van der Waals surface area (Å²) in [4.78, 5) is 22.9. The van der Waals surface area contributed by atoms with E-state index in [-0.39, 0.29) is 12.7 Å². The number of hydrazine groups is 1. The van der Waals surface area contributed by atoms with E-state index in [4.69, 9.17) is 21.1 Å². The minimum absolute atomic E-state index is 0.0491. The first-order valence-electron chi connectivity index (χ1n) is 11.2. The minimum Gasteiger partial charge on any atom is -0.473 e. The number of likely N-dealkylation sites (N-methyl/N-ethyl adjacent to an activating group) is 1. The van der Waals surface area contributed by atoms with Crippen molar-refractivity contribution in [3.8, 4) is 5.88 Å². The van der Waals surface area contributed by atoms with Crippen LogP contribution in [-0.4, -0.2) is 59.3 Å². The SMILES string of the molecule is Cc1nc(/C(N)=C(\COC(=O)N(C)CCC2CC2)N(C)N)cnc1OC1CCCCC1. The number of hydrogen-bond donors (Lipinski definition) is 2. The molecule has 172 valence electrons. The van der Waals surface area contributed by atoms with Crippen molar-refractivity contribution in [2.24, 2.45) is 17.5 Å². The third-order valence-electron chi connectivity index (χ3n) is 5.96. The fourth-order valence-corrected chi connectivity index (χ4v) is 3.69. The Balaban J connectivity index is 1.63. The van der Waals surface area contributed by atoms with Crippen LogP contribution in [0.4, 0.5) is 4.79 Å². The zero-order valence-electron chi connectivity index (χ0n) is 19.0. The summed E-state index contributed by atoms with van der Waals surface area (Å²) < 4.78 is 11.5. The maximum Gasteiger partial charge on any atom is 0.409 e. The van der Waals surface area contributed by atoms with Crippen molar-refractivity contribution in [3.05, 3.63) is 23.3 Å². The summed E-state index contributed by atoms with van der Waals surface area (Å²) in [5, 5.41) is 1.34. The molecule has 0 bridgehead atoms. The highest BCUT2D eigenvalue weighted by atomic mass is 16.6. The molecular formula is C22H36N6O3. The molecule has 3 rings (SSSR count). The monoisotopic (exact) mass is 432 g/mol. The lowest BCUT2D eigenvalue weighted by Gasteiger charge is -2.23. The summed E-state index contributed by atoms with van der Waals surface area (Å²) in [7, 11) is 3.39. The second kappa shape index (κ2) is 10.7. The van der Waals surface area contributed by atoms with Crippen LogP contribution in [0.1, 0.15) is 62.8 Å². The van der Waals surface area contributed by atoms with Crippen molar-refractivity contribution in [1.82, 2.24) is 19.9 Å². The predicted octanol–water partition coefficient (Wildman–Crippen LogP) is 2.80. The molecule has 1 aromatic rings. The normalized spacial score (nSPS) is 17.7. The average molecular weight is 433 g/mol. The molecule has 2 fully saturated rings. The van der Waals surface area contributed by atoms with E-state index in [0.29, 0.717) is 35.2 Å². The van der Waals surface area contributed by atoms with Gasteiger partial charge >= 0.3 is 6.09 Å². The average Bonchev–Trinajstić information content (AvgIpc) is 3.58. The highest BCUT2D eigenvalue weighted by Gasteiger charge is 2.23. The van der Waals surface area contributed by atoms with Crippen molar-refractivity contribution >= 4 is 11.8 Å². The Hall–Kier alpha value is -2.55. The van der Waals surface area contributed by atoms with E-state index in [1.165, 1.54) is 37.1 Å². The van der Waals surface area contributed by atoms with Gasteiger partial charge in [0.1, 0.15) is 24.1 Å². The topological polar surface area (TPSA) is 120 Å². The molecule has 9 nitrogen and oxygen atoms in total. The molecule has 2 saturated carbocycles. The quantitative estimate of drug-likeness (QED) is 0.451. The number of carbonyl (C=O) groups excluding carboxylic acids is 1. The molecule has 2 aliphatic rings. The number of ether oxygens (including phenoxy) is 2. The van der Waals surface area contributed by atoms with Crippen LogP contribution in [0, 0.1) is 12.8 Å². The Bertz CT molecular complexity index is 787. The van der Waals surface area contributed by atoms with Crippen LogP contribution in [0.25, 0.3) is 5.70 Å². The summed E-state index contributed by atoms with van der Waals surface area (Å²) in [6.45, 7) is 2.48. The highest BCUT2D eigenvalue weighted by molar-refractivity contribution is 5.68. The van der Waals surface area contributed by atoms with Gasteiger partial charge in [0.2, 0.25) is 5.88 Å². The van der Waals surface area contributed by atoms with Gasteiger partial charge in [0.05, 0.1) is 17.6 Å². The number of aryl methyl sites for hydroxylation is 1. The third kappa shape index (κ3) is 6.72. The van der Waals surface area contributed by atoms with Gasteiger partial charge in [-0.3, -0.25) is 0 Å². The van der Waals surface area contributed by atoms with Crippen LogP contribution in [0.15, 0.2) is 11.9 Å². The summed E-state index contributed by atoms with van der Waals surface area (Å²) in [6.07, 6.45) is 10.6. The molecule has 1 amide bonds. The number of amides is 1. The van der Waals surface area contributed by atoms with Crippen molar-refractivity contribution in [2.75, 3.05) is 27.2 Å². The van der Waals surface area contributed by atoms with Crippen LogP contribution in [0.5, 0.6) is 5.88 Å². The highest BCUT2D eigenvalue weighted by Crippen LogP contribution is 2.32. The smallest absolute Gasteiger partial charge is 0.409 e. The minimum atomic E-state index is -0.397. The number of nitrogens with zero attached hydrogens (tertiary/aromatic N) is 4. The van der Waals surface area contributed by atoms with E-state index >= 15 is 0 Å². The van der Waals surface area contributed by atoms with E-state index in [1.54, 1.807) is 25.2 Å². The Kier molecular flexibility index (Phi) is 7.95. The molecule has 0 aliphatic heterocycles. The maximum absolute atomic E-state index is 12.3. The van der Waals surface area contributed by atoms with Gasteiger partial charge in [-0.1, -0.05) is 19.3 Å². The Morgan fingerprint density at radius 3 is 2.52 bits per heavy atom. The molecular weight excluding hydrogens is 396 g/mol. The summed E-state index contributed by atoms with van der Waals surface area (Å²) in [6, 6.07) is 0. The van der Waals surface area contributed by atoms with Gasteiger partial charge in [0.25, 0.3) is 0 Å². The van der Waals surface area contributed by atoms with Crippen molar-refractivity contribution in [1.29, 1.82) is 0 Å². The molecule has 9 heteroatoms. The van der Waals surface area contributed by atoms with E-state index < -0.39 is 6.09 Å². The zero-order valence-corrected chi connectivity index (χ0v) is 19.0. The standard InChI is InChI=1S/C22H36N6O3/c1-15-21(31-17-7-5-4-6-8-17)25-13-18(26-15)20(23)19(28(3)24)14-30-22(29)27(2)12-11-16-9-10-16/h13,16-17H,4-12,14,23-24H2,1-3H3/b20-19-. The van der Waals surface area contributed by atoms with Gasteiger partial charge in [0.15, 0.2) is 0 Å². The van der Waals surface area contributed by atoms with Crippen LogP contribution in [0.3, 0.4) is 0 Å². The van der Waals surface area contributed by atoms with Crippen molar-refractivity contribution < 1.29 is 14.3 Å².